The topological polar surface area (TPSA) is 48.1 Å². The molecule has 0 fully saturated rings. The highest BCUT2D eigenvalue weighted by molar-refractivity contribution is 6.43. The Bertz CT molecular complexity index is 1080. The van der Waals surface area contributed by atoms with Crippen LogP contribution in [0.1, 0.15) is 23.7 Å². The van der Waals surface area contributed by atoms with Gasteiger partial charge in [-0.3, -0.25) is 0 Å². The second-order valence-corrected chi connectivity index (χ2v) is 7.62. The SMILES string of the molecule is O=C(Nc1cccc(Cl)c1Cl)N1CCCc2c([nH]c3ccccc23)C1C(F)(F)F. The predicted molar refractivity (Wildman–Crippen MR) is 108 cm³/mol. The molecule has 29 heavy (non-hydrogen) atoms. The molecule has 3 aromatic rings. The standard InChI is InChI=1S/C20H16Cl2F3N3O/c21-13-7-3-9-15(16(13)22)27-19(29)28-10-4-6-12-11-5-1-2-8-14(11)26-17(12)18(28)20(23,24)25/h1-3,5,7-9,18,26H,4,6,10H2,(H,27,29). The quantitative estimate of drug-likeness (QED) is 0.441. The maximum absolute atomic E-state index is 14.1. The summed E-state index contributed by atoms with van der Waals surface area (Å²) < 4.78 is 42.4. The van der Waals surface area contributed by atoms with E-state index in [9.17, 15) is 18.0 Å². The summed E-state index contributed by atoms with van der Waals surface area (Å²) in [6.07, 6.45) is -3.82. The fourth-order valence-corrected chi connectivity index (χ4v) is 4.13. The number of carbonyl (C=O) groups excluding carboxylic acids is 1. The van der Waals surface area contributed by atoms with E-state index in [1.54, 1.807) is 30.3 Å². The number of benzene rings is 2. The number of halogens is 5. The van der Waals surface area contributed by atoms with Gasteiger partial charge in [-0.1, -0.05) is 47.5 Å². The van der Waals surface area contributed by atoms with Crippen molar-refractivity contribution in [1.29, 1.82) is 0 Å². The van der Waals surface area contributed by atoms with Crippen LogP contribution in [0.2, 0.25) is 10.0 Å². The molecule has 4 nitrogen and oxygen atoms in total. The molecule has 2 amide bonds. The van der Waals surface area contributed by atoms with Crippen LogP contribution in [0.5, 0.6) is 0 Å². The Balaban J connectivity index is 1.76. The normalized spacial score (nSPS) is 17.1. The van der Waals surface area contributed by atoms with Gasteiger partial charge in [-0.15, -0.1) is 0 Å². The van der Waals surface area contributed by atoms with Gasteiger partial charge in [-0.25, -0.2) is 4.79 Å². The summed E-state index contributed by atoms with van der Waals surface area (Å²) in [7, 11) is 0. The summed E-state index contributed by atoms with van der Waals surface area (Å²) in [5.74, 6) is 0. The van der Waals surface area contributed by atoms with Gasteiger partial charge in [-0.2, -0.15) is 13.2 Å². The minimum atomic E-state index is -4.66. The first kappa shape index (κ1) is 19.9. The van der Waals surface area contributed by atoms with Crippen molar-refractivity contribution in [2.45, 2.75) is 25.1 Å². The van der Waals surface area contributed by atoms with Crippen LogP contribution in [0.3, 0.4) is 0 Å². The minimum absolute atomic E-state index is 0.00328. The third-order valence-corrected chi connectivity index (χ3v) is 5.84. The summed E-state index contributed by atoms with van der Waals surface area (Å²) in [6, 6.07) is 8.66. The lowest BCUT2D eigenvalue weighted by molar-refractivity contribution is -0.178. The van der Waals surface area contributed by atoms with E-state index in [0.29, 0.717) is 23.9 Å². The number of carbonyl (C=O) groups is 1. The lowest BCUT2D eigenvalue weighted by Crippen LogP contribution is -2.44. The summed E-state index contributed by atoms with van der Waals surface area (Å²) in [5.41, 5.74) is 1.38. The molecule has 9 heteroatoms. The summed E-state index contributed by atoms with van der Waals surface area (Å²) >= 11 is 12.0. The Labute approximate surface area is 174 Å². The van der Waals surface area contributed by atoms with Gasteiger partial charge in [0.25, 0.3) is 0 Å². The van der Waals surface area contributed by atoms with Gasteiger partial charge in [0, 0.05) is 17.4 Å². The monoisotopic (exact) mass is 441 g/mol. The molecule has 4 rings (SSSR count). The number of fused-ring (bicyclic) bond motifs is 3. The number of nitrogens with one attached hydrogen (secondary N) is 2. The zero-order valence-corrected chi connectivity index (χ0v) is 16.5. The van der Waals surface area contributed by atoms with Crippen LogP contribution >= 0.6 is 23.2 Å². The molecule has 2 N–H and O–H groups in total. The number of aromatic amines is 1. The number of amides is 2. The number of para-hydroxylation sites is 1. The largest absolute Gasteiger partial charge is 0.414 e. The molecule has 1 atom stereocenters. The summed E-state index contributed by atoms with van der Waals surface area (Å²) in [4.78, 5) is 16.6. The highest BCUT2D eigenvalue weighted by atomic mass is 35.5. The molecule has 0 saturated carbocycles. The molecular formula is C20H16Cl2F3N3O. The number of aromatic nitrogens is 1. The molecule has 0 bridgehead atoms. The molecule has 0 spiro atoms. The van der Waals surface area contributed by atoms with Gasteiger partial charge >= 0.3 is 12.2 Å². The zero-order valence-electron chi connectivity index (χ0n) is 15.0. The van der Waals surface area contributed by atoms with Crippen molar-refractivity contribution < 1.29 is 18.0 Å². The fourth-order valence-electron chi connectivity index (χ4n) is 3.78. The van der Waals surface area contributed by atoms with Crippen molar-refractivity contribution in [3.05, 3.63) is 63.8 Å². The molecule has 1 aliphatic rings. The Kier molecular flexibility index (Phi) is 5.12. The lowest BCUT2D eigenvalue weighted by Gasteiger charge is -2.31. The van der Waals surface area contributed by atoms with Gasteiger partial charge in [0.1, 0.15) is 0 Å². The molecule has 1 aromatic heterocycles. The molecule has 1 unspecified atom stereocenters. The van der Waals surface area contributed by atoms with Crippen molar-refractivity contribution >= 4 is 45.8 Å². The van der Waals surface area contributed by atoms with Crippen molar-refractivity contribution in [3.8, 4) is 0 Å². The van der Waals surface area contributed by atoms with Gasteiger partial charge < -0.3 is 15.2 Å². The second-order valence-electron chi connectivity index (χ2n) is 6.84. The predicted octanol–water partition coefficient (Wildman–Crippen LogP) is 6.56. The van der Waals surface area contributed by atoms with E-state index in [1.165, 1.54) is 12.1 Å². The molecule has 0 radical (unpaired) electrons. The van der Waals surface area contributed by atoms with Gasteiger partial charge in [0.05, 0.1) is 21.4 Å². The second kappa shape index (κ2) is 7.46. The first-order chi connectivity index (χ1) is 13.8. The van der Waals surface area contributed by atoms with E-state index < -0.39 is 18.2 Å². The number of H-pyrrole nitrogens is 1. The van der Waals surface area contributed by atoms with E-state index in [-0.39, 0.29) is 28.0 Å². The van der Waals surface area contributed by atoms with E-state index in [0.717, 1.165) is 10.3 Å². The maximum Gasteiger partial charge on any atom is 0.414 e. The van der Waals surface area contributed by atoms with Crippen LogP contribution in [0, 0.1) is 0 Å². The Morgan fingerprint density at radius 3 is 2.66 bits per heavy atom. The molecular weight excluding hydrogens is 426 g/mol. The Morgan fingerprint density at radius 2 is 1.90 bits per heavy atom. The van der Waals surface area contributed by atoms with Crippen molar-refractivity contribution in [2.24, 2.45) is 0 Å². The van der Waals surface area contributed by atoms with Crippen LogP contribution in [-0.4, -0.2) is 28.6 Å². The van der Waals surface area contributed by atoms with Crippen LogP contribution in [-0.2, 0) is 6.42 Å². The molecule has 0 saturated heterocycles. The highest BCUT2D eigenvalue weighted by Gasteiger charge is 2.49. The molecule has 0 aliphatic carbocycles. The third kappa shape index (κ3) is 3.65. The number of hydrogen-bond acceptors (Lipinski definition) is 1. The number of anilines is 1. The molecule has 152 valence electrons. The van der Waals surface area contributed by atoms with Crippen LogP contribution in [0.25, 0.3) is 10.9 Å². The van der Waals surface area contributed by atoms with E-state index >= 15 is 0 Å². The molecule has 2 heterocycles. The van der Waals surface area contributed by atoms with Crippen molar-refractivity contribution in [3.63, 3.8) is 0 Å². The zero-order chi connectivity index (χ0) is 20.8. The fraction of sp³-hybridized carbons (Fsp3) is 0.250. The van der Waals surface area contributed by atoms with Crippen molar-refractivity contribution in [1.82, 2.24) is 9.88 Å². The highest BCUT2D eigenvalue weighted by Crippen LogP contribution is 2.43. The Hall–Kier alpha value is -2.38. The number of rotatable bonds is 1. The first-order valence-corrected chi connectivity index (χ1v) is 9.71. The van der Waals surface area contributed by atoms with Crippen LogP contribution < -0.4 is 5.32 Å². The van der Waals surface area contributed by atoms with E-state index in [2.05, 4.69) is 10.3 Å². The van der Waals surface area contributed by atoms with Crippen LogP contribution in [0.15, 0.2) is 42.5 Å². The molecule has 2 aromatic carbocycles. The van der Waals surface area contributed by atoms with Crippen molar-refractivity contribution in [2.75, 3.05) is 11.9 Å². The number of nitrogens with zero attached hydrogens (tertiary/aromatic N) is 1. The lowest BCUT2D eigenvalue weighted by atomic mass is 10.0. The minimum Gasteiger partial charge on any atom is -0.356 e. The maximum atomic E-state index is 14.1. The average Bonchev–Trinajstić information content (AvgIpc) is 2.89. The Morgan fingerprint density at radius 1 is 1.14 bits per heavy atom. The van der Waals surface area contributed by atoms with Crippen LogP contribution in [0.4, 0.5) is 23.7 Å². The number of hydrogen-bond donors (Lipinski definition) is 2. The first-order valence-electron chi connectivity index (χ1n) is 8.95. The third-order valence-electron chi connectivity index (χ3n) is 5.02. The van der Waals surface area contributed by atoms with E-state index in [1.807, 2.05) is 0 Å². The van der Waals surface area contributed by atoms with Gasteiger partial charge in [0.15, 0.2) is 6.04 Å². The van der Waals surface area contributed by atoms with Gasteiger partial charge in [-0.05, 0) is 36.6 Å². The number of aryl methyl sites for hydroxylation is 1. The smallest absolute Gasteiger partial charge is 0.356 e. The van der Waals surface area contributed by atoms with E-state index in [4.69, 9.17) is 23.2 Å². The average molecular weight is 442 g/mol. The number of urea groups is 1. The summed E-state index contributed by atoms with van der Waals surface area (Å²) in [5, 5.41) is 3.49. The summed E-state index contributed by atoms with van der Waals surface area (Å²) in [6.45, 7) is -0.0506. The molecule has 1 aliphatic heterocycles. The van der Waals surface area contributed by atoms with Gasteiger partial charge in [0.2, 0.25) is 0 Å². The number of alkyl halides is 3.